The highest BCUT2D eigenvalue weighted by molar-refractivity contribution is 7.12. The summed E-state index contributed by atoms with van der Waals surface area (Å²) < 4.78 is 1.72. The monoisotopic (exact) mass is 421 g/mol. The van der Waals surface area contributed by atoms with E-state index in [1.807, 2.05) is 36.4 Å². The second-order valence-corrected chi connectivity index (χ2v) is 7.99. The molecule has 0 unspecified atom stereocenters. The maximum absolute atomic E-state index is 12.9. The Hall–Kier alpha value is -2.88. The molecule has 158 valence electrons. The van der Waals surface area contributed by atoms with Gasteiger partial charge in [0.2, 0.25) is 5.91 Å². The van der Waals surface area contributed by atoms with Crippen LogP contribution in [0, 0.1) is 6.92 Å². The topological polar surface area (TPSA) is 108 Å². The lowest BCUT2D eigenvalue weighted by Crippen LogP contribution is -2.58. The van der Waals surface area contributed by atoms with Gasteiger partial charge in [0.05, 0.1) is 11.1 Å². The summed E-state index contributed by atoms with van der Waals surface area (Å²) in [6.45, 7) is 2.79. The van der Waals surface area contributed by atoms with E-state index in [-0.39, 0.29) is 18.3 Å². The molecule has 0 saturated carbocycles. The average Bonchev–Trinajstić information content (AvgIpc) is 3.30. The third-order valence-corrected chi connectivity index (χ3v) is 5.97. The normalized spacial score (nSPS) is 15.1. The molecular weight excluding hydrogens is 394 g/mol. The third kappa shape index (κ3) is 4.94. The predicted molar refractivity (Wildman–Crippen MR) is 111 cm³/mol. The van der Waals surface area contributed by atoms with Gasteiger partial charge in [-0.05, 0) is 36.8 Å². The van der Waals surface area contributed by atoms with E-state index < -0.39 is 5.54 Å². The standard InChI is InChI=1S/C18H25N5O2S.CH2O2/c1-13-6-12-26-15(13)16(24)23-10-7-18(8-11-23,17(25)21(2)3)20-14-5-9-19-22(14)4;2-1-3/h5-6,9,12,20H,7-8,10-11H2,1-4H3;1H,(H,2,3). The number of carbonyl (C=O) groups is 3. The minimum absolute atomic E-state index is 0.0260. The van der Waals surface area contributed by atoms with Crippen molar-refractivity contribution in [2.24, 2.45) is 7.05 Å². The number of aromatic nitrogens is 2. The molecule has 9 nitrogen and oxygen atoms in total. The fourth-order valence-electron chi connectivity index (χ4n) is 3.39. The maximum Gasteiger partial charge on any atom is 0.290 e. The first-order valence-electron chi connectivity index (χ1n) is 9.15. The molecule has 10 heteroatoms. The quantitative estimate of drug-likeness (QED) is 0.727. The predicted octanol–water partition coefficient (Wildman–Crippen LogP) is 1.67. The van der Waals surface area contributed by atoms with Crippen LogP contribution in [-0.4, -0.2) is 75.7 Å². The molecule has 0 atom stereocenters. The van der Waals surface area contributed by atoms with Crippen molar-refractivity contribution < 1.29 is 19.5 Å². The fourth-order valence-corrected chi connectivity index (χ4v) is 4.28. The van der Waals surface area contributed by atoms with Crippen molar-refractivity contribution in [3.05, 3.63) is 34.2 Å². The number of carboxylic acid groups (broad SMARTS) is 1. The Morgan fingerprint density at radius 1 is 1.31 bits per heavy atom. The van der Waals surface area contributed by atoms with Gasteiger partial charge in [-0.1, -0.05) is 0 Å². The maximum atomic E-state index is 12.9. The molecule has 2 N–H and O–H groups in total. The van der Waals surface area contributed by atoms with Crippen LogP contribution in [0.5, 0.6) is 0 Å². The van der Waals surface area contributed by atoms with Crippen molar-refractivity contribution in [1.82, 2.24) is 19.6 Å². The highest BCUT2D eigenvalue weighted by atomic mass is 32.1. The molecule has 2 amide bonds. The lowest BCUT2D eigenvalue weighted by atomic mass is 9.85. The van der Waals surface area contributed by atoms with Crippen LogP contribution in [0.3, 0.4) is 0 Å². The lowest BCUT2D eigenvalue weighted by Gasteiger charge is -2.42. The Balaban J connectivity index is 0.000000941. The van der Waals surface area contributed by atoms with Gasteiger partial charge in [0, 0.05) is 40.3 Å². The van der Waals surface area contributed by atoms with Crippen molar-refractivity contribution >= 4 is 35.4 Å². The number of hydrogen-bond donors (Lipinski definition) is 2. The Labute approximate surface area is 173 Å². The Bertz CT molecular complexity index is 852. The average molecular weight is 422 g/mol. The van der Waals surface area contributed by atoms with E-state index in [1.54, 1.807) is 29.9 Å². The molecule has 1 saturated heterocycles. The lowest BCUT2D eigenvalue weighted by molar-refractivity contribution is -0.135. The molecule has 3 rings (SSSR count). The summed E-state index contributed by atoms with van der Waals surface area (Å²) in [4.78, 5) is 38.3. The van der Waals surface area contributed by atoms with Crippen molar-refractivity contribution in [2.45, 2.75) is 25.3 Å². The number of amides is 2. The molecule has 1 aliphatic rings. The number of carbonyl (C=O) groups excluding carboxylic acids is 2. The number of nitrogens with zero attached hydrogens (tertiary/aromatic N) is 4. The van der Waals surface area contributed by atoms with Crippen molar-refractivity contribution in [3.63, 3.8) is 0 Å². The van der Waals surface area contributed by atoms with Gasteiger partial charge in [-0.3, -0.25) is 19.1 Å². The zero-order valence-electron chi connectivity index (χ0n) is 17.1. The first kappa shape index (κ1) is 22.4. The number of anilines is 1. The second-order valence-electron chi connectivity index (χ2n) is 7.08. The van der Waals surface area contributed by atoms with Gasteiger partial charge < -0.3 is 20.2 Å². The molecule has 2 aromatic rings. The zero-order chi connectivity index (χ0) is 21.6. The Morgan fingerprint density at radius 2 is 1.93 bits per heavy atom. The molecule has 1 aliphatic heterocycles. The van der Waals surface area contributed by atoms with Crippen LogP contribution in [0.1, 0.15) is 28.1 Å². The molecule has 0 bridgehead atoms. The summed E-state index contributed by atoms with van der Waals surface area (Å²) >= 11 is 1.47. The summed E-state index contributed by atoms with van der Waals surface area (Å²) in [5.74, 6) is 0.885. The van der Waals surface area contributed by atoms with Crippen LogP contribution < -0.4 is 5.32 Å². The first-order chi connectivity index (χ1) is 13.8. The van der Waals surface area contributed by atoms with Gasteiger partial charge in [-0.15, -0.1) is 11.3 Å². The van der Waals surface area contributed by atoms with Gasteiger partial charge in [0.1, 0.15) is 11.4 Å². The molecule has 0 radical (unpaired) electrons. The van der Waals surface area contributed by atoms with Gasteiger partial charge in [0.15, 0.2) is 0 Å². The largest absolute Gasteiger partial charge is 0.483 e. The van der Waals surface area contributed by atoms with Crippen LogP contribution in [0.4, 0.5) is 5.82 Å². The van der Waals surface area contributed by atoms with Gasteiger partial charge in [-0.25, -0.2) is 0 Å². The molecule has 0 spiro atoms. The summed E-state index contributed by atoms with van der Waals surface area (Å²) in [5.41, 5.74) is 0.285. The van der Waals surface area contributed by atoms with E-state index in [2.05, 4.69) is 10.4 Å². The molecule has 2 aromatic heterocycles. The molecule has 1 fully saturated rings. The van der Waals surface area contributed by atoms with Crippen LogP contribution in [0.15, 0.2) is 23.7 Å². The van der Waals surface area contributed by atoms with E-state index in [0.717, 1.165) is 16.3 Å². The molecule has 3 heterocycles. The van der Waals surface area contributed by atoms with Crippen LogP contribution in [-0.2, 0) is 16.6 Å². The number of thiophene rings is 1. The Morgan fingerprint density at radius 3 is 2.38 bits per heavy atom. The SMILES string of the molecule is Cc1ccsc1C(=O)N1CCC(Nc2ccnn2C)(C(=O)N(C)C)CC1.O=CO. The van der Waals surface area contributed by atoms with E-state index in [9.17, 15) is 9.59 Å². The number of likely N-dealkylation sites (tertiary alicyclic amines) is 1. The molecule has 0 aromatic carbocycles. The smallest absolute Gasteiger partial charge is 0.290 e. The Kier molecular flexibility index (Phi) is 7.38. The van der Waals surface area contributed by atoms with Crippen molar-refractivity contribution in [2.75, 3.05) is 32.5 Å². The molecular formula is C19H27N5O4S. The van der Waals surface area contributed by atoms with Crippen LogP contribution in [0.25, 0.3) is 0 Å². The van der Waals surface area contributed by atoms with Crippen molar-refractivity contribution in [1.29, 1.82) is 0 Å². The summed E-state index contributed by atoms with van der Waals surface area (Å²) in [7, 11) is 5.37. The first-order valence-corrected chi connectivity index (χ1v) is 10.0. The van der Waals surface area contributed by atoms with Crippen molar-refractivity contribution in [3.8, 4) is 0 Å². The number of piperidine rings is 1. The van der Waals surface area contributed by atoms with E-state index in [4.69, 9.17) is 9.90 Å². The highest BCUT2D eigenvalue weighted by Gasteiger charge is 2.44. The van der Waals surface area contributed by atoms with Gasteiger partial charge in [-0.2, -0.15) is 5.10 Å². The number of aryl methyl sites for hydroxylation is 2. The number of likely N-dealkylation sites (N-methyl/N-ethyl adjacent to an activating group) is 1. The third-order valence-electron chi connectivity index (χ3n) is 4.96. The summed E-state index contributed by atoms with van der Waals surface area (Å²) in [5, 5.41) is 16.4. The van der Waals surface area contributed by atoms with Crippen LogP contribution >= 0.6 is 11.3 Å². The van der Waals surface area contributed by atoms with Gasteiger partial charge in [0.25, 0.3) is 12.4 Å². The second kappa shape index (κ2) is 9.55. The molecule has 29 heavy (non-hydrogen) atoms. The van der Waals surface area contributed by atoms with Crippen LogP contribution in [0.2, 0.25) is 0 Å². The van der Waals surface area contributed by atoms with E-state index in [1.165, 1.54) is 11.3 Å². The van der Waals surface area contributed by atoms with E-state index in [0.29, 0.717) is 25.9 Å². The van der Waals surface area contributed by atoms with Gasteiger partial charge >= 0.3 is 0 Å². The highest BCUT2D eigenvalue weighted by Crippen LogP contribution is 2.30. The molecule has 0 aliphatic carbocycles. The number of hydrogen-bond acceptors (Lipinski definition) is 6. The number of nitrogens with one attached hydrogen (secondary N) is 1. The minimum Gasteiger partial charge on any atom is -0.483 e. The fraction of sp³-hybridized carbons (Fsp3) is 0.474. The minimum atomic E-state index is -0.724. The number of rotatable bonds is 4. The zero-order valence-corrected chi connectivity index (χ0v) is 17.9. The summed E-state index contributed by atoms with van der Waals surface area (Å²) in [6.07, 6.45) is 2.82. The summed E-state index contributed by atoms with van der Waals surface area (Å²) in [6, 6.07) is 3.82. The van der Waals surface area contributed by atoms with E-state index >= 15 is 0 Å².